The number of nitrogens with two attached hydrogens (primary N) is 1. The van der Waals surface area contributed by atoms with E-state index in [1.807, 2.05) is 6.07 Å². The molecule has 0 saturated carbocycles. The van der Waals surface area contributed by atoms with Crippen molar-refractivity contribution >= 4 is 33.1 Å². The molecule has 0 unspecified atom stereocenters. The number of pyridine rings is 1. The summed E-state index contributed by atoms with van der Waals surface area (Å²) in [6, 6.07) is 4.13. The predicted molar refractivity (Wildman–Crippen MR) is 83.2 cm³/mol. The number of carbonyl (C=O) groups is 1. The van der Waals surface area contributed by atoms with Crippen molar-refractivity contribution in [2.24, 2.45) is 0 Å². The first kappa shape index (κ1) is 13.8. The van der Waals surface area contributed by atoms with Crippen molar-refractivity contribution in [1.29, 1.82) is 5.26 Å². The molecule has 0 bridgehead atoms. The number of aromatic nitrogens is 1. The highest BCUT2D eigenvalue weighted by atomic mass is 32.1. The number of rotatable bonds is 3. The van der Waals surface area contributed by atoms with Gasteiger partial charge in [0.25, 0.3) is 5.91 Å². The molecule has 108 valence electrons. The van der Waals surface area contributed by atoms with Gasteiger partial charge in [0.1, 0.15) is 9.71 Å². The normalized spacial score (nSPS) is 13.1. The molecule has 0 fully saturated rings. The molecule has 1 amide bonds. The lowest BCUT2D eigenvalue weighted by Gasteiger charge is -2.14. The summed E-state index contributed by atoms with van der Waals surface area (Å²) in [6.45, 7) is 0.410. The molecule has 5 nitrogen and oxygen atoms in total. The zero-order valence-electron chi connectivity index (χ0n) is 11.8. The van der Waals surface area contributed by atoms with Gasteiger partial charge in [-0.3, -0.25) is 4.79 Å². The Bertz CT molecular complexity index is 759. The topological polar surface area (TPSA) is 83.0 Å². The molecule has 6 heteroatoms. The van der Waals surface area contributed by atoms with Crippen molar-refractivity contribution in [3.05, 3.63) is 22.2 Å². The van der Waals surface area contributed by atoms with E-state index in [4.69, 9.17) is 11.0 Å². The van der Waals surface area contributed by atoms with Crippen LogP contribution in [0.4, 0.5) is 5.69 Å². The van der Waals surface area contributed by atoms with Crippen LogP contribution in [0, 0.1) is 11.3 Å². The van der Waals surface area contributed by atoms with Gasteiger partial charge in [-0.25, -0.2) is 4.98 Å². The van der Waals surface area contributed by atoms with Gasteiger partial charge in [-0.05, 0) is 30.9 Å². The minimum Gasteiger partial charge on any atom is -0.397 e. The third kappa shape index (κ3) is 2.34. The second kappa shape index (κ2) is 5.34. The van der Waals surface area contributed by atoms with Crippen molar-refractivity contribution in [3.63, 3.8) is 0 Å². The van der Waals surface area contributed by atoms with Crippen molar-refractivity contribution in [1.82, 2.24) is 9.88 Å². The van der Waals surface area contributed by atoms with Gasteiger partial charge in [-0.15, -0.1) is 11.3 Å². The molecule has 2 N–H and O–H groups in total. The fraction of sp³-hybridized carbons (Fsp3) is 0.400. The maximum absolute atomic E-state index is 12.4. The van der Waals surface area contributed by atoms with E-state index in [2.05, 4.69) is 11.1 Å². The average Bonchev–Trinajstić information content (AvgIpc) is 3.06. The zero-order valence-corrected chi connectivity index (χ0v) is 12.7. The highest BCUT2D eigenvalue weighted by Crippen LogP contribution is 2.36. The maximum Gasteiger partial charge on any atom is 0.265 e. The molecule has 0 spiro atoms. The Hall–Kier alpha value is -2.13. The monoisotopic (exact) mass is 300 g/mol. The molecule has 1 aliphatic rings. The summed E-state index contributed by atoms with van der Waals surface area (Å²) in [7, 11) is 1.69. The number of amides is 1. The molecule has 21 heavy (non-hydrogen) atoms. The van der Waals surface area contributed by atoms with Crippen molar-refractivity contribution < 1.29 is 4.79 Å². The number of carbonyl (C=O) groups excluding carboxylic acids is 1. The van der Waals surface area contributed by atoms with E-state index in [-0.39, 0.29) is 5.91 Å². The van der Waals surface area contributed by atoms with Crippen LogP contribution in [-0.4, -0.2) is 29.4 Å². The number of anilines is 1. The Balaban J connectivity index is 1.99. The van der Waals surface area contributed by atoms with Gasteiger partial charge in [0.2, 0.25) is 0 Å². The molecule has 2 heterocycles. The minimum absolute atomic E-state index is 0.133. The van der Waals surface area contributed by atoms with Gasteiger partial charge >= 0.3 is 0 Å². The van der Waals surface area contributed by atoms with Crippen LogP contribution < -0.4 is 5.73 Å². The first-order valence-corrected chi connectivity index (χ1v) is 7.76. The lowest BCUT2D eigenvalue weighted by atomic mass is 10.1. The van der Waals surface area contributed by atoms with Crippen molar-refractivity contribution in [3.8, 4) is 6.07 Å². The molecular weight excluding hydrogens is 284 g/mol. The number of thiophene rings is 1. The number of nitriles is 1. The number of hydrogen-bond acceptors (Lipinski definition) is 5. The van der Waals surface area contributed by atoms with E-state index in [0.717, 1.165) is 35.2 Å². The van der Waals surface area contributed by atoms with Gasteiger partial charge in [-0.1, -0.05) is 0 Å². The molecule has 0 aliphatic heterocycles. The van der Waals surface area contributed by atoms with Crippen LogP contribution in [0.5, 0.6) is 0 Å². The van der Waals surface area contributed by atoms with Gasteiger partial charge in [0.05, 0.1) is 18.2 Å². The summed E-state index contributed by atoms with van der Waals surface area (Å²) < 4.78 is 0. The maximum atomic E-state index is 12.4. The van der Waals surface area contributed by atoms with E-state index in [9.17, 15) is 4.79 Å². The van der Waals surface area contributed by atoms with E-state index < -0.39 is 0 Å². The van der Waals surface area contributed by atoms with E-state index >= 15 is 0 Å². The lowest BCUT2D eigenvalue weighted by Crippen LogP contribution is -2.27. The largest absolute Gasteiger partial charge is 0.397 e. The van der Waals surface area contributed by atoms with Gasteiger partial charge in [0, 0.05) is 24.7 Å². The quantitative estimate of drug-likeness (QED) is 0.943. The van der Waals surface area contributed by atoms with E-state index in [0.29, 0.717) is 23.5 Å². The molecule has 0 atom stereocenters. The average molecular weight is 300 g/mol. The van der Waals surface area contributed by atoms with Crippen molar-refractivity contribution in [2.75, 3.05) is 19.3 Å². The minimum atomic E-state index is -0.133. The number of nitrogens with zero attached hydrogens (tertiary/aromatic N) is 3. The first-order chi connectivity index (χ1) is 10.1. The Labute approximate surface area is 127 Å². The second-order valence-electron chi connectivity index (χ2n) is 5.28. The van der Waals surface area contributed by atoms with E-state index in [1.54, 1.807) is 7.05 Å². The molecule has 0 aromatic carbocycles. The number of fused-ring (bicyclic) bond motifs is 2. The summed E-state index contributed by atoms with van der Waals surface area (Å²) >= 11 is 1.35. The fourth-order valence-corrected chi connectivity index (χ4v) is 3.74. The number of aryl methyl sites for hydroxylation is 2. The van der Waals surface area contributed by atoms with E-state index in [1.165, 1.54) is 21.8 Å². The zero-order chi connectivity index (χ0) is 15.0. The standard InChI is InChI=1S/C15H16N4OS/c1-19(7-3-6-16)15(20)13-12(17)10-8-9-4-2-5-11(9)18-14(10)21-13/h8H,2-5,7,17H2,1H3. The number of nitrogen functional groups attached to an aromatic ring is 1. The van der Waals surface area contributed by atoms with Crippen LogP contribution in [0.2, 0.25) is 0 Å². The number of hydrogen-bond donors (Lipinski definition) is 1. The molecule has 0 radical (unpaired) electrons. The van der Waals surface area contributed by atoms with Crippen LogP contribution in [-0.2, 0) is 12.8 Å². The lowest BCUT2D eigenvalue weighted by molar-refractivity contribution is 0.0803. The van der Waals surface area contributed by atoms with Crippen LogP contribution in [0.25, 0.3) is 10.2 Å². The van der Waals surface area contributed by atoms with Crippen LogP contribution in [0.1, 0.15) is 33.8 Å². The third-order valence-corrected chi connectivity index (χ3v) is 4.95. The Kier molecular flexibility index (Phi) is 3.52. The summed E-state index contributed by atoms with van der Waals surface area (Å²) in [4.78, 5) is 20.0. The SMILES string of the molecule is CN(CCC#N)C(=O)c1sc2nc3c(cc2c1N)CCC3. The van der Waals surface area contributed by atoms with Gasteiger partial charge in [-0.2, -0.15) is 5.26 Å². The van der Waals surface area contributed by atoms with Crippen LogP contribution in [0.15, 0.2) is 6.07 Å². The highest BCUT2D eigenvalue weighted by Gasteiger charge is 2.22. The second-order valence-corrected chi connectivity index (χ2v) is 6.28. The fourth-order valence-electron chi connectivity index (χ4n) is 2.65. The predicted octanol–water partition coefficient (Wildman–Crippen LogP) is 2.35. The summed E-state index contributed by atoms with van der Waals surface area (Å²) in [6.07, 6.45) is 3.51. The molecule has 0 saturated heterocycles. The van der Waals surface area contributed by atoms with Gasteiger partial charge in [0.15, 0.2) is 0 Å². The summed E-state index contributed by atoms with van der Waals surface area (Å²) in [5.41, 5.74) is 9.07. The molecule has 3 rings (SSSR count). The Morgan fingerprint density at radius 3 is 3.14 bits per heavy atom. The Morgan fingerprint density at radius 2 is 2.38 bits per heavy atom. The molecule has 2 aromatic rings. The van der Waals surface area contributed by atoms with Crippen LogP contribution in [0.3, 0.4) is 0 Å². The first-order valence-electron chi connectivity index (χ1n) is 6.95. The smallest absolute Gasteiger partial charge is 0.265 e. The van der Waals surface area contributed by atoms with Gasteiger partial charge < -0.3 is 10.6 Å². The Morgan fingerprint density at radius 1 is 1.57 bits per heavy atom. The molecule has 2 aromatic heterocycles. The van der Waals surface area contributed by atoms with Crippen LogP contribution >= 0.6 is 11.3 Å². The highest BCUT2D eigenvalue weighted by molar-refractivity contribution is 7.21. The molecule has 1 aliphatic carbocycles. The third-order valence-electron chi connectivity index (χ3n) is 3.85. The molecular formula is C15H16N4OS. The van der Waals surface area contributed by atoms with Crippen molar-refractivity contribution in [2.45, 2.75) is 25.7 Å². The summed E-state index contributed by atoms with van der Waals surface area (Å²) in [5.74, 6) is -0.133. The summed E-state index contributed by atoms with van der Waals surface area (Å²) in [5, 5.41) is 9.50.